The Morgan fingerprint density at radius 3 is 1.60 bits per heavy atom. The molecule has 0 saturated heterocycles. The molecular formula is C13H14NNaO5. The molecule has 0 radical (unpaired) electrons. The molecule has 0 aliphatic rings. The molecule has 0 spiro atoms. The summed E-state index contributed by atoms with van der Waals surface area (Å²) in [6.07, 6.45) is 3.50. The molecule has 0 fully saturated rings. The quantitative estimate of drug-likeness (QED) is 0.648. The number of pyridine rings is 1. The first-order valence-corrected chi connectivity index (χ1v) is 5.03. The van der Waals surface area contributed by atoms with Crippen molar-refractivity contribution in [3.63, 3.8) is 0 Å². The zero-order valence-electron chi connectivity index (χ0n) is 11.9. The second-order valence-corrected chi connectivity index (χ2v) is 3.22. The van der Waals surface area contributed by atoms with Gasteiger partial charge in [-0.05, 0) is 30.3 Å². The second kappa shape index (κ2) is 11.1. The SMILES string of the molecule is O.O=C(O)c1cccc(C(=O)O)c1.[H-].[Na+].c1ccncc1. The fourth-order valence-corrected chi connectivity index (χ4v) is 1.10. The van der Waals surface area contributed by atoms with Crippen LogP contribution in [0.15, 0.2) is 54.9 Å². The van der Waals surface area contributed by atoms with Gasteiger partial charge in [0, 0.05) is 12.4 Å². The van der Waals surface area contributed by atoms with Crippen LogP contribution in [0, 0.1) is 0 Å². The summed E-state index contributed by atoms with van der Waals surface area (Å²) in [4.78, 5) is 24.6. The molecule has 0 atom stereocenters. The number of aromatic carboxylic acids is 2. The van der Waals surface area contributed by atoms with Gasteiger partial charge in [0.25, 0.3) is 0 Å². The summed E-state index contributed by atoms with van der Waals surface area (Å²) in [6, 6.07) is 10.9. The van der Waals surface area contributed by atoms with Crippen molar-refractivity contribution < 1.29 is 56.3 Å². The van der Waals surface area contributed by atoms with Gasteiger partial charge in [-0.3, -0.25) is 4.98 Å². The van der Waals surface area contributed by atoms with Gasteiger partial charge in [0.1, 0.15) is 0 Å². The average Bonchev–Trinajstić information content (AvgIpc) is 2.41. The van der Waals surface area contributed by atoms with E-state index >= 15 is 0 Å². The summed E-state index contributed by atoms with van der Waals surface area (Å²) in [7, 11) is 0. The van der Waals surface area contributed by atoms with Crippen molar-refractivity contribution in [2.24, 2.45) is 0 Å². The minimum atomic E-state index is -1.13. The molecule has 0 amide bonds. The smallest absolute Gasteiger partial charge is 1.00 e. The summed E-state index contributed by atoms with van der Waals surface area (Å²) in [5.74, 6) is -2.25. The summed E-state index contributed by atoms with van der Waals surface area (Å²) in [6.45, 7) is 0. The minimum Gasteiger partial charge on any atom is -1.00 e. The van der Waals surface area contributed by atoms with E-state index in [1.807, 2.05) is 18.2 Å². The van der Waals surface area contributed by atoms with Crippen molar-refractivity contribution in [1.82, 2.24) is 4.98 Å². The molecule has 1 aromatic carbocycles. The van der Waals surface area contributed by atoms with Crippen LogP contribution >= 0.6 is 0 Å². The molecule has 0 aliphatic carbocycles. The Morgan fingerprint density at radius 2 is 1.35 bits per heavy atom. The van der Waals surface area contributed by atoms with E-state index in [1.54, 1.807) is 12.4 Å². The number of hydrogen-bond donors (Lipinski definition) is 2. The van der Waals surface area contributed by atoms with E-state index in [1.165, 1.54) is 18.2 Å². The number of benzene rings is 1. The number of aromatic nitrogens is 1. The van der Waals surface area contributed by atoms with Crippen molar-refractivity contribution in [3.05, 3.63) is 66.0 Å². The van der Waals surface area contributed by atoms with Gasteiger partial charge >= 0.3 is 41.5 Å². The molecule has 20 heavy (non-hydrogen) atoms. The monoisotopic (exact) mass is 287 g/mol. The van der Waals surface area contributed by atoms with Gasteiger partial charge in [0.15, 0.2) is 0 Å². The number of rotatable bonds is 2. The molecule has 4 N–H and O–H groups in total. The van der Waals surface area contributed by atoms with E-state index in [-0.39, 0.29) is 47.6 Å². The van der Waals surface area contributed by atoms with Gasteiger partial charge in [-0.2, -0.15) is 0 Å². The van der Waals surface area contributed by atoms with Gasteiger partial charge in [0.05, 0.1) is 11.1 Å². The van der Waals surface area contributed by atoms with Crippen LogP contribution in [-0.4, -0.2) is 32.6 Å². The fraction of sp³-hybridized carbons (Fsp3) is 0. The Labute approximate surface area is 139 Å². The van der Waals surface area contributed by atoms with Gasteiger partial charge in [0.2, 0.25) is 0 Å². The maximum absolute atomic E-state index is 10.4. The third kappa shape index (κ3) is 7.65. The second-order valence-electron chi connectivity index (χ2n) is 3.22. The number of carboxylic acids is 2. The van der Waals surface area contributed by atoms with Crippen LogP contribution in [0.1, 0.15) is 22.1 Å². The van der Waals surface area contributed by atoms with Crippen LogP contribution in [0.2, 0.25) is 0 Å². The van der Waals surface area contributed by atoms with Crippen LogP contribution in [-0.2, 0) is 0 Å². The summed E-state index contributed by atoms with van der Waals surface area (Å²) in [5.41, 5.74) is -0.0372. The maximum atomic E-state index is 10.4. The third-order valence-electron chi connectivity index (χ3n) is 1.92. The molecule has 2 rings (SSSR count). The van der Waals surface area contributed by atoms with Crippen molar-refractivity contribution in [1.29, 1.82) is 0 Å². The van der Waals surface area contributed by atoms with Crippen molar-refractivity contribution >= 4 is 11.9 Å². The first-order valence-electron chi connectivity index (χ1n) is 5.03. The Hall–Kier alpha value is -1.73. The molecule has 102 valence electrons. The summed E-state index contributed by atoms with van der Waals surface area (Å²) in [5, 5.41) is 17.0. The maximum Gasteiger partial charge on any atom is 1.00 e. The normalized spacial score (nSPS) is 8.00. The van der Waals surface area contributed by atoms with Crippen LogP contribution in [0.3, 0.4) is 0 Å². The molecule has 1 aromatic heterocycles. The average molecular weight is 287 g/mol. The van der Waals surface area contributed by atoms with E-state index in [0.29, 0.717) is 0 Å². The number of hydrogen-bond acceptors (Lipinski definition) is 3. The Bertz CT molecular complexity index is 483. The Kier molecular flexibility index (Phi) is 11.5. The molecular weight excluding hydrogens is 273 g/mol. The number of nitrogens with zero attached hydrogens (tertiary/aromatic N) is 1. The molecule has 0 saturated carbocycles. The number of carbonyl (C=O) groups is 2. The topological polar surface area (TPSA) is 119 Å². The van der Waals surface area contributed by atoms with Crippen LogP contribution in [0.4, 0.5) is 0 Å². The summed E-state index contributed by atoms with van der Waals surface area (Å²) < 4.78 is 0. The van der Waals surface area contributed by atoms with Gasteiger partial charge < -0.3 is 17.1 Å². The summed E-state index contributed by atoms with van der Waals surface area (Å²) >= 11 is 0. The van der Waals surface area contributed by atoms with Gasteiger partial charge in [-0.25, -0.2) is 9.59 Å². The number of carboxylic acid groups (broad SMARTS) is 2. The van der Waals surface area contributed by atoms with Crippen LogP contribution in [0.5, 0.6) is 0 Å². The Morgan fingerprint density at radius 1 is 0.900 bits per heavy atom. The predicted molar refractivity (Wildman–Crippen MR) is 69.3 cm³/mol. The standard InChI is InChI=1S/C8H6O4.C5H5N.Na.H2O.H/c9-7(10)5-2-1-3-6(4-5)8(11)12;1-2-4-6-5-3-1;;;/h1-4H,(H,9,10)(H,11,12);1-5H;;1H2;/q;;+1;;-1. The zero-order valence-corrected chi connectivity index (χ0v) is 12.9. The van der Waals surface area contributed by atoms with Gasteiger partial charge in [-0.15, -0.1) is 0 Å². The minimum absolute atomic E-state index is 0. The van der Waals surface area contributed by atoms with Crippen molar-refractivity contribution in [3.8, 4) is 0 Å². The molecule has 0 unspecified atom stereocenters. The van der Waals surface area contributed by atoms with Crippen LogP contribution in [0.25, 0.3) is 0 Å². The molecule has 0 aliphatic heterocycles. The molecule has 0 bridgehead atoms. The fourth-order valence-electron chi connectivity index (χ4n) is 1.10. The predicted octanol–water partition coefficient (Wildman–Crippen LogP) is -1.54. The van der Waals surface area contributed by atoms with E-state index < -0.39 is 11.9 Å². The third-order valence-corrected chi connectivity index (χ3v) is 1.92. The first-order chi connectivity index (χ1) is 8.61. The largest absolute Gasteiger partial charge is 1.00 e. The first kappa shape index (κ1) is 20.6. The van der Waals surface area contributed by atoms with E-state index in [0.717, 1.165) is 6.07 Å². The molecule has 1 heterocycles. The zero-order chi connectivity index (χ0) is 13.4. The Balaban J connectivity index is -0.000000312. The van der Waals surface area contributed by atoms with Crippen molar-refractivity contribution in [2.75, 3.05) is 0 Å². The van der Waals surface area contributed by atoms with E-state index in [4.69, 9.17) is 10.2 Å². The van der Waals surface area contributed by atoms with Crippen molar-refractivity contribution in [2.45, 2.75) is 0 Å². The molecule has 6 nitrogen and oxygen atoms in total. The molecule has 2 aromatic rings. The van der Waals surface area contributed by atoms with E-state index in [2.05, 4.69) is 4.98 Å². The van der Waals surface area contributed by atoms with Gasteiger partial charge in [-0.1, -0.05) is 12.1 Å². The molecule has 7 heteroatoms. The van der Waals surface area contributed by atoms with E-state index in [9.17, 15) is 9.59 Å². The van der Waals surface area contributed by atoms with Crippen LogP contribution < -0.4 is 29.6 Å².